The number of aromatic hydroxyl groups is 1. The molecule has 1 rings (SSSR count). The highest BCUT2D eigenvalue weighted by atomic mass is 35.5. The molecule has 82 valence electrons. The Kier molecular flexibility index (Phi) is 3.39. The van der Waals surface area contributed by atoms with Crippen LogP contribution in [-0.2, 0) is 4.79 Å². The minimum absolute atomic E-state index is 0.0119. The van der Waals surface area contributed by atoms with E-state index < -0.39 is 17.8 Å². The van der Waals surface area contributed by atoms with Crippen molar-refractivity contribution in [3.63, 3.8) is 0 Å². The van der Waals surface area contributed by atoms with E-state index >= 15 is 0 Å². The highest BCUT2D eigenvalue weighted by Gasteiger charge is 2.22. The molecule has 15 heavy (non-hydrogen) atoms. The Morgan fingerprint density at radius 3 is 2.60 bits per heavy atom. The van der Waals surface area contributed by atoms with Gasteiger partial charge in [-0.2, -0.15) is 0 Å². The Morgan fingerprint density at radius 2 is 2.13 bits per heavy atom. The van der Waals surface area contributed by atoms with Gasteiger partial charge in [-0.15, -0.1) is 0 Å². The molecule has 0 heterocycles. The van der Waals surface area contributed by atoms with Gasteiger partial charge in [-0.25, -0.2) is 4.79 Å². The number of aliphatic hydroxyl groups is 1. The van der Waals surface area contributed by atoms with E-state index in [1.807, 2.05) is 0 Å². The third-order valence-corrected chi connectivity index (χ3v) is 2.04. The number of ether oxygens (including phenoxy) is 1. The van der Waals surface area contributed by atoms with Crippen molar-refractivity contribution in [2.45, 2.75) is 6.10 Å². The first-order valence-corrected chi connectivity index (χ1v) is 4.32. The number of rotatable bonds is 3. The summed E-state index contributed by atoms with van der Waals surface area (Å²) < 4.78 is 4.76. The largest absolute Gasteiger partial charge is 0.504 e. The first kappa shape index (κ1) is 11.6. The molecule has 0 radical (unpaired) electrons. The van der Waals surface area contributed by atoms with E-state index in [2.05, 4.69) is 0 Å². The zero-order chi connectivity index (χ0) is 11.6. The molecule has 0 amide bonds. The van der Waals surface area contributed by atoms with E-state index in [1.165, 1.54) is 13.2 Å². The lowest BCUT2D eigenvalue weighted by Gasteiger charge is -2.11. The molecule has 0 spiro atoms. The minimum Gasteiger partial charge on any atom is -0.504 e. The van der Waals surface area contributed by atoms with Crippen molar-refractivity contribution in [2.24, 2.45) is 0 Å². The summed E-state index contributed by atoms with van der Waals surface area (Å²) in [6.45, 7) is 0. The molecule has 0 unspecified atom stereocenters. The van der Waals surface area contributed by atoms with Crippen molar-refractivity contribution in [3.8, 4) is 11.5 Å². The Balaban J connectivity index is 3.28. The van der Waals surface area contributed by atoms with Gasteiger partial charge in [0.2, 0.25) is 0 Å². The van der Waals surface area contributed by atoms with Crippen molar-refractivity contribution >= 4 is 17.6 Å². The Bertz CT molecular complexity index is 390. The number of aliphatic hydroxyl groups excluding tert-OH is 1. The highest BCUT2D eigenvalue weighted by molar-refractivity contribution is 6.30. The highest BCUT2D eigenvalue weighted by Crippen LogP contribution is 2.36. The van der Waals surface area contributed by atoms with Crippen LogP contribution >= 0.6 is 11.6 Å². The van der Waals surface area contributed by atoms with E-state index in [1.54, 1.807) is 0 Å². The zero-order valence-corrected chi connectivity index (χ0v) is 8.52. The lowest BCUT2D eigenvalue weighted by atomic mass is 10.1. The van der Waals surface area contributed by atoms with Gasteiger partial charge >= 0.3 is 5.97 Å². The van der Waals surface area contributed by atoms with Gasteiger partial charge in [-0.05, 0) is 6.07 Å². The standard InChI is InChI=1S/C9H9ClO5/c1-15-6-3-4(10)2-5(7(6)11)8(12)9(13)14/h2-3,8,11-12H,1H3,(H,13,14)/t8-/m1/s1. The number of hydrogen-bond acceptors (Lipinski definition) is 4. The van der Waals surface area contributed by atoms with E-state index in [0.29, 0.717) is 0 Å². The number of phenols is 1. The predicted octanol–water partition coefficient (Wildman–Crippen LogP) is 1.17. The lowest BCUT2D eigenvalue weighted by Crippen LogP contribution is -2.10. The minimum atomic E-state index is -1.84. The van der Waals surface area contributed by atoms with Crippen LogP contribution in [0.15, 0.2) is 12.1 Å². The summed E-state index contributed by atoms with van der Waals surface area (Å²) in [7, 11) is 1.29. The fraction of sp³-hybridized carbons (Fsp3) is 0.222. The summed E-state index contributed by atoms with van der Waals surface area (Å²) in [5, 5.41) is 27.5. The SMILES string of the molecule is COc1cc(Cl)cc([C@@H](O)C(=O)O)c1O. The van der Waals surface area contributed by atoms with Crippen molar-refractivity contribution in [1.82, 2.24) is 0 Å². The number of phenolic OH excluding ortho intramolecular Hbond substituents is 1. The number of carboxylic acid groups (broad SMARTS) is 1. The second kappa shape index (κ2) is 4.37. The lowest BCUT2D eigenvalue weighted by molar-refractivity contribution is -0.147. The number of benzene rings is 1. The van der Waals surface area contributed by atoms with Gasteiger partial charge < -0.3 is 20.1 Å². The molecule has 3 N–H and O–H groups in total. The number of aliphatic carboxylic acids is 1. The van der Waals surface area contributed by atoms with Crippen LogP contribution in [0.1, 0.15) is 11.7 Å². The summed E-state index contributed by atoms with van der Waals surface area (Å²) in [6, 6.07) is 2.48. The fourth-order valence-corrected chi connectivity index (χ4v) is 1.31. The van der Waals surface area contributed by atoms with Gasteiger partial charge in [-0.1, -0.05) is 11.6 Å². The predicted molar refractivity (Wildman–Crippen MR) is 52.3 cm³/mol. The summed E-state index contributed by atoms with van der Waals surface area (Å²) in [5.74, 6) is -1.90. The number of halogens is 1. The summed E-state index contributed by atoms with van der Waals surface area (Å²) in [5.41, 5.74) is -0.202. The molecule has 0 saturated heterocycles. The van der Waals surface area contributed by atoms with Crippen LogP contribution in [0.2, 0.25) is 5.02 Å². The first-order chi connectivity index (χ1) is 6.97. The first-order valence-electron chi connectivity index (χ1n) is 3.94. The van der Waals surface area contributed by atoms with Crippen molar-refractivity contribution < 1.29 is 24.9 Å². The molecule has 0 aliphatic heterocycles. The maximum Gasteiger partial charge on any atom is 0.337 e. The van der Waals surface area contributed by atoms with Crippen LogP contribution in [0.3, 0.4) is 0 Å². The molecule has 0 aliphatic carbocycles. The van der Waals surface area contributed by atoms with Gasteiger partial charge in [0.05, 0.1) is 7.11 Å². The van der Waals surface area contributed by atoms with Crippen LogP contribution in [0.4, 0.5) is 0 Å². The fourth-order valence-electron chi connectivity index (χ4n) is 1.09. The zero-order valence-electron chi connectivity index (χ0n) is 7.77. The van der Waals surface area contributed by atoms with E-state index in [-0.39, 0.29) is 16.3 Å². The average molecular weight is 233 g/mol. The van der Waals surface area contributed by atoms with Gasteiger partial charge in [0.15, 0.2) is 17.6 Å². The second-order valence-corrected chi connectivity index (χ2v) is 3.22. The molecule has 6 heteroatoms. The van der Waals surface area contributed by atoms with Gasteiger partial charge in [0.1, 0.15) is 0 Å². The molecule has 0 bridgehead atoms. The molecular formula is C9H9ClO5. The Morgan fingerprint density at radius 1 is 1.53 bits per heavy atom. The monoisotopic (exact) mass is 232 g/mol. The molecule has 1 atom stereocenters. The Labute approximate surface area is 90.5 Å². The van der Waals surface area contributed by atoms with Crippen LogP contribution in [0.5, 0.6) is 11.5 Å². The number of methoxy groups -OCH3 is 1. The smallest absolute Gasteiger partial charge is 0.337 e. The summed E-state index contributed by atoms with van der Waals surface area (Å²) in [4.78, 5) is 10.5. The van der Waals surface area contributed by atoms with Crippen LogP contribution in [0, 0.1) is 0 Å². The third-order valence-electron chi connectivity index (χ3n) is 1.82. The second-order valence-electron chi connectivity index (χ2n) is 2.79. The maximum atomic E-state index is 10.5. The quantitative estimate of drug-likeness (QED) is 0.728. The molecule has 1 aromatic rings. The summed E-state index contributed by atoms with van der Waals surface area (Å²) >= 11 is 5.65. The van der Waals surface area contributed by atoms with Crippen LogP contribution < -0.4 is 4.74 Å². The van der Waals surface area contributed by atoms with E-state index in [4.69, 9.17) is 21.4 Å². The molecule has 0 fully saturated rings. The summed E-state index contributed by atoms with van der Waals surface area (Å²) in [6.07, 6.45) is -1.84. The molecular weight excluding hydrogens is 224 g/mol. The molecule has 0 saturated carbocycles. The normalized spacial score (nSPS) is 12.2. The van der Waals surface area contributed by atoms with Crippen molar-refractivity contribution in [3.05, 3.63) is 22.7 Å². The molecule has 1 aromatic carbocycles. The average Bonchev–Trinajstić information content (AvgIpc) is 2.19. The van der Waals surface area contributed by atoms with Crippen molar-refractivity contribution in [1.29, 1.82) is 0 Å². The molecule has 5 nitrogen and oxygen atoms in total. The van der Waals surface area contributed by atoms with Gasteiger partial charge in [-0.3, -0.25) is 0 Å². The maximum absolute atomic E-state index is 10.5. The Hall–Kier alpha value is -1.46. The molecule has 0 aromatic heterocycles. The van der Waals surface area contributed by atoms with Crippen LogP contribution in [0.25, 0.3) is 0 Å². The molecule has 0 aliphatic rings. The number of carbonyl (C=O) groups is 1. The number of hydrogen-bond donors (Lipinski definition) is 3. The van der Waals surface area contributed by atoms with Gasteiger partial charge in [0.25, 0.3) is 0 Å². The van der Waals surface area contributed by atoms with E-state index in [9.17, 15) is 15.0 Å². The van der Waals surface area contributed by atoms with E-state index in [0.717, 1.165) is 6.07 Å². The third kappa shape index (κ3) is 2.31. The topological polar surface area (TPSA) is 87.0 Å². The van der Waals surface area contributed by atoms with Crippen LogP contribution in [-0.4, -0.2) is 28.4 Å². The van der Waals surface area contributed by atoms with Crippen molar-refractivity contribution in [2.75, 3.05) is 7.11 Å². The van der Waals surface area contributed by atoms with Gasteiger partial charge in [0, 0.05) is 16.7 Å². The number of carboxylic acids is 1.